The number of nitrogens with two attached hydrogens (primary N) is 1. The van der Waals surface area contributed by atoms with Crippen molar-refractivity contribution in [1.82, 2.24) is 20.3 Å². The Balaban J connectivity index is 1.76. The Hall–Kier alpha value is -3.64. The fourth-order valence-corrected chi connectivity index (χ4v) is 6.35. The van der Waals surface area contributed by atoms with Gasteiger partial charge in [-0.1, -0.05) is 77.1 Å². The van der Waals surface area contributed by atoms with E-state index in [-0.39, 0.29) is 31.4 Å². The number of benzene rings is 3. The van der Waals surface area contributed by atoms with Gasteiger partial charge >= 0.3 is 0 Å². The number of carbonyl (C=O) groups excluding carboxylic acids is 2. The number of aliphatic hydroxyl groups is 1. The predicted molar refractivity (Wildman–Crippen MR) is 181 cm³/mol. The van der Waals surface area contributed by atoms with Gasteiger partial charge in [0.25, 0.3) is 0 Å². The lowest BCUT2D eigenvalue weighted by atomic mass is 9.85. The Labute approximate surface area is 274 Å². The summed E-state index contributed by atoms with van der Waals surface area (Å²) >= 11 is 0. The highest BCUT2D eigenvalue weighted by atomic mass is 32.2. The largest absolute Gasteiger partial charge is 0.399 e. The van der Waals surface area contributed by atoms with Crippen LogP contribution in [-0.2, 0) is 33.5 Å². The molecule has 3 aromatic rings. The first-order valence-corrected chi connectivity index (χ1v) is 16.6. The SMILES string of the molecule is CC(C)CN(C[C@@H](O)[C@H](Cc1ccccc1)NC(=O)[C@@H](NC(=O)CNCc1cccc(F)c1)C(C)(C)C)S(=O)c1ccc(N)cc1. The first-order chi connectivity index (χ1) is 21.7. The molecule has 0 spiro atoms. The summed E-state index contributed by atoms with van der Waals surface area (Å²) < 4.78 is 28.8. The lowest BCUT2D eigenvalue weighted by molar-refractivity contribution is -0.132. The van der Waals surface area contributed by atoms with Gasteiger partial charge in [-0.15, -0.1) is 0 Å². The molecule has 0 fully saturated rings. The number of nitrogens with zero attached hydrogens (tertiary/aromatic N) is 1. The van der Waals surface area contributed by atoms with Crippen LogP contribution < -0.4 is 21.7 Å². The second-order valence-corrected chi connectivity index (χ2v) is 14.5. The molecule has 4 atom stereocenters. The summed E-state index contributed by atoms with van der Waals surface area (Å²) in [6.45, 7) is 10.2. The van der Waals surface area contributed by atoms with Crippen LogP contribution in [0.2, 0.25) is 0 Å². The second kappa shape index (κ2) is 17.3. The standard InChI is InChI=1S/C35H48FN5O4S/c1-24(2)22-41(46(45)29-16-14-28(37)15-17-29)23-31(42)30(19-25-10-7-6-8-11-25)39-34(44)33(35(3,4)5)40-32(43)21-38-20-26-12-9-13-27(36)18-26/h6-18,24,30-31,33,38,42H,19-23,37H2,1-5H3,(H,39,44)(H,40,43)/t30-,31+,33+,46?/m0/s1. The molecule has 0 saturated heterocycles. The van der Waals surface area contributed by atoms with Gasteiger partial charge < -0.3 is 26.8 Å². The van der Waals surface area contributed by atoms with E-state index in [1.54, 1.807) is 40.7 Å². The Morgan fingerprint density at radius 3 is 2.20 bits per heavy atom. The van der Waals surface area contributed by atoms with Crippen LogP contribution in [0.1, 0.15) is 45.7 Å². The summed E-state index contributed by atoms with van der Waals surface area (Å²) in [5.41, 5.74) is 7.32. The minimum absolute atomic E-state index is 0.0312. The molecule has 0 aliphatic carbocycles. The molecule has 1 unspecified atom stereocenters. The molecule has 6 N–H and O–H groups in total. The quantitative estimate of drug-likeness (QED) is 0.149. The highest BCUT2D eigenvalue weighted by Crippen LogP contribution is 2.21. The van der Waals surface area contributed by atoms with E-state index in [9.17, 15) is 23.3 Å². The van der Waals surface area contributed by atoms with Crippen molar-refractivity contribution < 1.29 is 23.3 Å². The molecule has 0 aliphatic heterocycles. The number of nitrogen functional groups attached to an aromatic ring is 1. The fraction of sp³-hybridized carbons (Fsp3) is 0.429. The minimum Gasteiger partial charge on any atom is -0.399 e. The average molecular weight is 654 g/mol. The number of halogens is 1. The number of hydrogen-bond donors (Lipinski definition) is 5. The number of rotatable bonds is 16. The molecule has 2 amide bonds. The van der Waals surface area contributed by atoms with Crippen molar-refractivity contribution in [3.8, 4) is 0 Å². The molecule has 0 radical (unpaired) electrons. The number of hydrogen-bond acceptors (Lipinski definition) is 6. The van der Waals surface area contributed by atoms with E-state index in [0.717, 1.165) is 5.56 Å². The third kappa shape index (κ3) is 11.9. The second-order valence-electron chi connectivity index (χ2n) is 13.0. The molecular formula is C35H48FN5O4S. The van der Waals surface area contributed by atoms with E-state index in [4.69, 9.17) is 5.73 Å². The molecule has 0 saturated carbocycles. The van der Waals surface area contributed by atoms with Crippen molar-refractivity contribution in [2.45, 2.75) is 70.7 Å². The summed E-state index contributed by atoms with van der Waals surface area (Å²) in [4.78, 5) is 27.3. The van der Waals surface area contributed by atoms with E-state index in [1.165, 1.54) is 12.1 Å². The van der Waals surface area contributed by atoms with Crippen LogP contribution in [0.25, 0.3) is 0 Å². The summed E-state index contributed by atoms with van der Waals surface area (Å²) in [5.74, 6) is -1.04. The van der Waals surface area contributed by atoms with Crippen LogP contribution >= 0.6 is 0 Å². The molecule has 250 valence electrons. The van der Waals surface area contributed by atoms with Gasteiger partial charge in [0.05, 0.1) is 23.6 Å². The number of carbonyl (C=O) groups is 2. The van der Waals surface area contributed by atoms with E-state index in [1.807, 2.05) is 65.0 Å². The van der Waals surface area contributed by atoms with Crippen LogP contribution in [0.3, 0.4) is 0 Å². The van der Waals surface area contributed by atoms with Crippen LogP contribution in [0, 0.1) is 17.2 Å². The summed E-state index contributed by atoms with van der Waals surface area (Å²) in [6.07, 6.45) is -0.775. The topological polar surface area (TPSA) is 137 Å². The van der Waals surface area contributed by atoms with Gasteiger partial charge in [-0.05, 0) is 65.3 Å². The summed E-state index contributed by atoms with van der Waals surface area (Å²) in [5, 5.41) is 20.4. The first kappa shape index (κ1) is 36.8. The van der Waals surface area contributed by atoms with Crippen molar-refractivity contribution in [2.75, 3.05) is 25.4 Å². The Morgan fingerprint density at radius 1 is 0.935 bits per heavy atom. The molecular weight excluding hydrogens is 605 g/mol. The van der Waals surface area contributed by atoms with Gasteiger partial charge in [0.15, 0.2) is 0 Å². The smallest absolute Gasteiger partial charge is 0.243 e. The third-order valence-corrected chi connectivity index (χ3v) is 8.75. The number of anilines is 1. The van der Waals surface area contributed by atoms with Gasteiger partial charge in [0.2, 0.25) is 11.8 Å². The molecule has 0 heterocycles. The Kier molecular flexibility index (Phi) is 13.9. The van der Waals surface area contributed by atoms with E-state index in [2.05, 4.69) is 16.0 Å². The zero-order valence-electron chi connectivity index (χ0n) is 27.3. The van der Waals surface area contributed by atoms with Gasteiger partial charge in [-0.25, -0.2) is 12.9 Å². The van der Waals surface area contributed by atoms with E-state index < -0.39 is 46.4 Å². The van der Waals surface area contributed by atoms with Gasteiger partial charge in [0.1, 0.15) is 22.8 Å². The van der Waals surface area contributed by atoms with Crippen molar-refractivity contribution >= 4 is 28.5 Å². The first-order valence-electron chi connectivity index (χ1n) is 15.5. The summed E-state index contributed by atoms with van der Waals surface area (Å²) in [6, 6.07) is 20.7. The Bertz CT molecular complexity index is 1430. The number of amides is 2. The molecule has 0 aliphatic rings. The van der Waals surface area contributed by atoms with Gasteiger partial charge in [-0.2, -0.15) is 0 Å². The zero-order chi connectivity index (χ0) is 33.9. The monoisotopic (exact) mass is 653 g/mol. The normalized spacial score (nSPS) is 14.5. The van der Waals surface area contributed by atoms with Crippen molar-refractivity contribution in [1.29, 1.82) is 0 Å². The highest BCUT2D eigenvalue weighted by molar-refractivity contribution is 7.82. The minimum atomic E-state index is -1.58. The maximum atomic E-state index is 13.8. The van der Waals surface area contributed by atoms with Gasteiger partial charge in [-0.3, -0.25) is 9.59 Å². The number of nitrogens with one attached hydrogen (secondary N) is 3. The average Bonchev–Trinajstić information content (AvgIpc) is 2.99. The predicted octanol–water partition coefficient (Wildman–Crippen LogP) is 3.80. The third-order valence-electron chi connectivity index (χ3n) is 7.30. The summed E-state index contributed by atoms with van der Waals surface area (Å²) in [7, 11) is -1.58. The maximum absolute atomic E-state index is 13.8. The molecule has 11 heteroatoms. The highest BCUT2D eigenvalue weighted by Gasteiger charge is 2.35. The molecule has 0 bridgehead atoms. The Morgan fingerprint density at radius 2 is 1.59 bits per heavy atom. The maximum Gasteiger partial charge on any atom is 0.243 e. The van der Waals surface area contributed by atoms with Crippen molar-refractivity contribution in [3.63, 3.8) is 0 Å². The number of aliphatic hydroxyl groups excluding tert-OH is 1. The fourth-order valence-electron chi connectivity index (χ4n) is 4.96. The van der Waals surface area contributed by atoms with Crippen LogP contribution in [0.5, 0.6) is 0 Å². The molecule has 46 heavy (non-hydrogen) atoms. The van der Waals surface area contributed by atoms with E-state index >= 15 is 0 Å². The van der Waals surface area contributed by atoms with Crippen LogP contribution in [-0.4, -0.2) is 63.3 Å². The molecule has 3 aromatic carbocycles. The molecule has 9 nitrogen and oxygen atoms in total. The lowest BCUT2D eigenvalue weighted by Gasteiger charge is -2.34. The molecule has 0 aromatic heterocycles. The molecule has 3 rings (SSSR count). The van der Waals surface area contributed by atoms with Crippen LogP contribution in [0.15, 0.2) is 83.8 Å². The zero-order valence-corrected chi connectivity index (χ0v) is 28.1. The van der Waals surface area contributed by atoms with Crippen molar-refractivity contribution in [2.24, 2.45) is 11.3 Å². The van der Waals surface area contributed by atoms with Crippen molar-refractivity contribution in [3.05, 3.63) is 95.8 Å². The lowest BCUT2D eigenvalue weighted by Crippen LogP contribution is -2.59. The van der Waals surface area contributed by atoms with E-state index in [0.29, 0.717) is 29.1 Å². The van der Waals surface area contributed by atoms with Gasteiger partial charge in [0, 0.05) is 25.3 Å². The van der Waals surface area contributed by atoms with Crippen LogP contribution in [0.4, 0.5) is 10.1 Å².